The summed E-state index contributed by atoms with van der Waals surface area (Å²) in [6, 6.07) is 6.45. The van der Waals surface area contributed by atoms with E-state index in [1.807, 2.05) is 0 Å². The molecule has 2 aliphatic heterocycles. The number of thioether (sulfide) groups is 1. The van der Waals surface area contributed by atoms with Crippen LogP contribution in [0.3, 0.4) is 0 Å². The van der Waals surface area contributed by atoms with Crippen LogP contribution in [0, 0.1) is 11.3 Å². The number of carbonyl (C=O) groups is 3. The van der Waals surface area contributed by atoms with E-state index in [1.54, 1.807) is 38.4 Å². The van der Waals surface area contributed by atoms with Gasteiger partial charge in [0.15, 0.2) is 11.7 Å². The van der Waals surface area contributed by atoms with Gasteiger partial charge < -0.3 is 4.74 Å². The number of fused-ring (bicyclic) bond motifs is 1. The van der Waals surface area contributed by atoms with Crippen molar-refractivity contribution < 1.29 is 23.7 Å². The van der Waals surface area contributed by atoms with E-state index in [0.717, 1.165) is 4.90 Å². The molecule has 0 saturated carbocycles. The van der Waals surface area contributed by atoms with Gasteiger partial charge in [0.2, 0.25) is 5.84 Å². The highest BCUT2D eigenvalue weighted by atomic mass is 32.2. The number of ether oxygens (including phenoxy) is 1. The highest BCUT2D eigenvalue weighted by molar-refractivity contribution is 8.14. The number of methoxy groups -OCH3 is 1. The minimum Gasteiger partial charge on any atom is -0.497 e. The molecule has 1 atom stereocenters. The third-order valence-corrected chi connectivity index (χ3v) is 5.96. The van der Waals surface area contributed by atoms with E-state index in [2.05, 4.69) is 30.8 Å². The number of amides is 3. The van der Waals surface area contributed by atoms with Gasteiger partial charge >= 0.3 is 11.9 Å². The standard InChI is InChI=1S/C22H27N4O4S/c1-22(2,3)11-16-23-18-17(20(28)26(5)21(29)25(18)4)19(24-16)31-12-15(27)13-7-9-14(30-6)10-8-13/h7-10,17H,11-12H2,1-6H3/q+1. The van der Waals surface area contributed by atoms with Crippen molar-refractivity contribution in [3.8, 4) is 5.75 Å². The second-order valence-corrected chi connectivity index (χ2v) is 9.68. The first-order valence-electron chi connectivity index (χ1n) is 9.90. The van der Waals surface area contributed by atoms with Gasteiger partial charge in [-0.25, -0.2) is 9.79 Å². The SMILES string of the molecule is COc1ccc(C(=O)CSC2=NC(CC(C)(C)C)=NC3=[N+](C)C(=O)N(C)C(=O)C23)cc1. The first-order valence-corrected chi connectivity index (χ1v) is 10.9. The quantitative estimate of drug-likeness (QED) is 0.515. The smallest absolute Gasteiger partial charge is 0.445 e. The zero-order valence-electron chi connectivity index (χ0n) is 18.6. The van der Waals surface area contributed by atoms with E-state index in [-0.39, 0.29) is 22.9 Å². The molecule has 0 saturated heterocycles. The molecule has 0 fully saturated rings. The molecule has 3 amide bonds. The maximum atomic E-state index is 12.9. The summed E-state index contributed by atoms with van der Waals surface area (Å²) in [7, 11) is 4.61. The number of hydrogen-bond donors (Lipinski definition) is 0. The Morgan fingerprint density at radius 1 is 1.19 bits per heavy atom. The molecule has 1 aromatic carbocycles. The van der Waals surface area contributed by atoms with Crippen LogP contribution < -0.4 is 4.74 Å². The molecule has 0 aromatic heterocycles. The lowest BCUT2D eigenvalue weighted by Gasteiger charge is -2.27. The summed E-state index contributed by atoms with van der Waals surface area (Å²) in [5.41, 5.74) is 0.472. The van der Waals surface area contributed by atoms with Crippen LogP contribution in [0.5, 0.6) is 5.75 Å². The van der Waals surface area contributed by atoms with E-state index in [1.165, 1.54) is 23.4 Å². The molecule has 2 heterocycles. The average molecular weight is 444 g/mol. The molecular weight excluding hydrogens is 416 g/mol. The highest BCUT2D eigenvalue weighted by Gasteiger charge is 2.49. The van der Waals surface area contributed by atoms with Crippen molar-refractivity contribution in [2.45, 2.75) is 27.2 Å². The Kier molecular flexibility index (Phi) is 6.45. The van der Waals surface area contributed by atoms with E-state index in [9.17, 15) is 14.4 Å². The van der Waals surface area contributed by atoms with Crippen molar-refractivity contribution in [2.24, 2.45) is 21.3 Å². The number of benzene rings is 1. The highest BCUT2D eigenvalue weighted by Crippen LogP contribution is 2.29. The van der Waals surface area contributed by atoms with Crippen molar-refractivity contribution >= 4 is 46.2 Å². The fourth-order valence-electron chi connectivity index (χ4n) is 3.29. The molecule has 0 aliphatic carbocycles. The maximum Gasteiger partial charge on any atom is 0.445 e. The van der Waals surface area contributed by atoms with E-state index >= 15 is 0 Å². The number of rotatable bonds is 5. The summed E-state index contributed by atoms with van der Waals surface area (Å²) in [5, 5.41) is 0.488. The van der Waals surface area contributed by atoms with Gasteiger partial charge in [0.25, 0.3) is 5.84 Å². The summed E-state index contributed by atoms with van der Waals surface area (Å²) in [6.45, 7) is 6.20. The average Bonchev–Trinajstić information content (AvgIpc) is 2.73. The van der Waals surface area contributed by atoms with Gasteiger partial charge in [0.1, 0.15) is 10.8 Å². The summed E-state index contributed by atoms with van der Waals surface area (Å²) in [6.07, 6.45) is 0.575. The molecule has 2 aliphatic rings. The van der Waals surface area contributed by atoms with Gasteiger partial charge in [-0.05, 0) is 29.7 Å². The van der Waals surface area contributed by atoms with Gasteiger partial charge in [0, 0.05) is 12.0 Å². The number of urea groups is 1. The lowest BCUT2D eigenvalue weighted by Crippen LogP contribution is -2.54. The number of Topliss-reactive ketones (excluding diaryl/α,β-unsaturated/α-hetero) is 1. The molecule has 1 unspecified atom stereocenters. The molecule has 164 valence electrons. The number of amidine groups is 2. The minimum atomic E-state index is -0.787. The summed E-state index contributed by atoms with van der Waals surface area (Å²) < 4.78 is 6.51. The maximum absolute atomic E-state index is 12.9. The van der Waals surface area contributed by atoms with E-state index in [0.29, 0.717) is 34.4 Å². The van der Waals surface area contributed by atoms with Gasteiger partial charge in [-0.15, -0.1) is 11.8 Å². The normalized spacial score (nSPS) is 19.2. The first kappa shape index (κ1) is 22.9. The second kappa shape index (κ2) is 8.74. The predicted octanol–water partition coefficient (Wildman–Crippen LogP) is 3.11. The molecule has 3 rings (SSSR count). The molecule has 0 N–H and O–H groups in total. The van der Waals surface area contributed by atoms with Crippen LogP contribution in [-0.2, 0) is 4.79 Å². The molecular formula is C22H27N4O4S+. The van der Waals surface area contributed by atoms with Crippen LogP contribution in [-0.4, -0.2) is 70.9 Å². The predicted molar refractivity (Wildman–Crippen MR) is 122 cm³/mol. The second-order valence-electron chi connectivity index (χ2n) is 8.69. The number of imide groups is 1. The fraction of sp³-hybridized carbons (Fsp3) is 0.455. The third kappa shape index (κ3) is 4.92. The Morgan fingerprint density at radius 3 is 2.42 bits per heavy atom. The molecule has 8 nitrogen and oxygen atoms in total. The lowest BCUT2D eigenvalue weighted by atomic mass is 9.91. The Bertz CT molecular complexity index is 1020. The Morgan fingerprint density at radius 2 is 1.84 bits per heavy atom. The minimum absolute atomic E-state index is 0.0809. The number of carbonyl (C=O) groups excluding carboxylic acids is 3. The number of aliphatic imine (C=N–C) groups is 2. The van der Waals surface area contributed by atoms with Gasteiger partial charge in [-0.1, -0.05) is 25.8 Å². The Hall–Kier alpha value is -2.81. The third-order valence-electron chi connectivity index (χ3n) is 4.93. The molecule has 1 aromatic rings. The monoisotopic (exact) mass is 443 g/mol. The molecule has 0 spiro atoms. The Labute approximate surface area is 186 Å². The molecule has 0 radical (unpaired) electrons. The van der Waals surface area contributed by atoms with E-state index < -0.39 is 11.9 Å². The first-order chi connectivity index (χ1) is 14.5. The van der Waals surface area contributed by atoms with Crippen LogP contribution >= 0.6 is 11.8 Å². The van der Waals surface area contributed by atoms with Gasteiger partial charge in [-0.3, -0.25) is 9.59 Å². The lowest BCUT2D eigenvalue weighted by molar-refractivity contribution is -0.407. The summed E-state index contributed by atoms with van der Waals surface area (Å²) >= 11 is 1.22. The topological polar surface area (TPSA) is 91.4 Å². The Balaban J connectivity index is 1.90. The van der Waals surface area contributed by atoms with Gasteiger partial charge in [-0.2, -0.15) is 9.48 Å². The van der Waals surface area contributed by atoms with Crippen LogP contribution in [0.25, 0.3) is 0 Å². The zero-order valence-corrected chi connectivity index (χ0v) is 19.4. The van der Waals surface area contributed by atoms with E-state index in [4.69, 9.17) is 4.74 Å². The van der Waals surface area contributed by atoms with Gasteiger partial charge in [0.05, 0.1) is 27.0 Å². The van der Waals surface area contributed by atoms with Crippen LogP contribution in [0.15, 0.2) is 34.3 Å². The van der Waals surface area contributed by atoms with Crippen molar-refractivity contribution in [3.63, 3.8) is 0 Å². The largest absolute Gasteiger partial charge is 0.497 e. The van der Waals surface area contributed by atoms with Crippen molar-refractivity contribution in [1.82, 2.24) is 4.90 Å². The molecule has 31 heavy (non-hydrogen) atoms. The van der Waals surface area contributed by atoms with Crippen LogP contribution in [0.1, 0.15) is 37.6 Å². The molecule has 0 bridgehead atoms. The summed E-state index contributed by atoms with van der Waals surface area (Å²) in [4.78, 5) is 48.3. The number of ketones is 1. The van der Waals surface area contributed by atoms with Crippen molar-refractivity contribution in [1.29, 1.82) is 0 Å². The van der Waals surface area contributed by atoms with Crippen LogP contribution in [0.2, 0.25) is 0 Å². The van der Waals surface area contributed by atoms with Crippen molar-refractivity contribution in [2.75, 3.05) is 27.0 Å². The fourth-order valence-corrected chi connectivity index (χ4v) is 4.28. The summed E-state index contributed by atoms with van der Waals surface area (Å²) in [5.74, 6) is 0.443. The molecule has 9 heteroatoms. The zero-order chi connectivity index (χ0) is 22.9. The van der Waals surface area contributed by atoms with Crippen molar-refractivity contribution in [3.05, 3.63) is 29.8 Å². The number of hydrogen-bond acceptors (Lipinski definition) is 7. The number of nitrogens with zero attached hydrogens (tertiary/aromatic N) is 4. The van der Waals surface area contributed by atoms with Crippen LogP contribution in [0.4, 0.5) is 4.79 Å².